The summed E-state index contributed by atoms with van der Waals surface area (Å²) in [4.78, 5) is 11.1. The van der Waals surface area contributed by atoms with Crippen LogP contribution in [0.3, 0.4) is 0 Å². The molecule has 0 N–H and O–H groups in total. The van der Waals surface area contributed by atoms with Crippen LogP contribution in [0.1, 0.15) is 50.7 Å². The number of rotatable bonds is 6. The Morgan fingerprint density at radius 3 is 2.54 bits per heavy atom. The predicted octanol–water partition coefficient (Wildman–Crippen LogP) is 5.19. The van der Waals surface area contributed by atoms with Gasteiger partial charge in [-0.05, 0) is 51.7 Å². The van der Waals surface area contributed by atoms with E-state index in [2.05, 4.69) is 14.9 Å². The molecule has 2 heterocycles. The zero-order valence-electron chi connectivity index (χ0n) is 14.8. The molecule has 1 aliphatic rings. The number of hydrogen-bond acceptors (Lipinski definition) is 4. The Bertz CT molecular complexity index is 653. The number of aromatic nitrogens is 1. The van der Waals surface area contributed by atoms with Crippen LogP contribution < -0.4 is 0 Å². The number of thiazole rings is 1. The molecule has 0 aliphatic carbocycles. The summed E-state index contributed by atoms with van der Waals surface area (Å²) < 4.78 is 26.9. The Balaban J connectivity index is 2.46. The first-order valence-electron chi connectivity index (χ1n) is 8.34. The second kappa shape index (κ2) is 8.51. The topological polar surface area (TPSA) is 28.5 Å². The van der Waals surface area contributed by atoms with Crippen molar-refractivity contribution in [1.29, 1.82) is 0 Å². The molecule has 1 aromatic rings. The van der Waals surface area contributed by atoms with Gasteiger partial charge in [-0.2, -0.15) is 0 Å². The number of hydrogen-bond donors (Lipinski definition) is 0. The molecule has 2 rings (SSSR count). The fourth-order valence-electron chi connectivity index (χ4n) is 2.61. The summed E-state index contributed by atoms with van der Waals surface area (Å²) in [5.74, 6) is 0. The van der Waals surface area contributed by atoms with Crippen LogP contribution >= 0.6 is 11.3 Å². The third-order valence-corrected chi connectivity index (χ3v) is 5.19. The number of alkyl halides is 2. The Hall–Kier alpha value is -1.56. The number of aliphatic imine (C=N–C) groups is 1. The fourth-order valence-corrected chi connectivity index (χ4v) is 3.37. The number of halogens is 2. The molecule has 1 aromatic heterocycles. The smallest absolute Gasteiger partial charge is 0.280 e. The summed E-state index contributed by atoms with van der Waals surface area (Å²) in [5.41, 5.74) is 2.95. The molecule has 0 spiro atoms. The van der Waals surface area contributed by atoms with Gasteiger partial charge >= 0.3 is 0 Å². The van der Waals surface area contributed by atoms with Gasteiger partial charge in [0.1, 0.15) is 16.4 Å². The van der Waals surface area contributed by atoms with Crippen LogP contribution in [0.2, 0.25) is 0 Å². The zero-order chi connectivity index (χ0) is 17.7. The summed E-state index contributed by atoms with van der Waals surface area (Å²) in [6.45, 7) is 9.52. The second-order valence-corrected chi connectivity index (χ2v) is 6.95. The largest absolute Gasteiger partial charge is 0.375 e. The minimum absolute atomic E-state index is 0.133. The van der Waals surface area contributed by atoms with Crippen molar-refractivity contribution < 1.29 is 8.78 Å². The third-order valence-electron chi connectivity index (χ3n) is 4.20. The van der Waals surface area contributed by atoms with Gasteiger partial charge in [-0.25, -0.2) is 18.8 Å². The number of nitrogens with zero attached hydrogens (tertiary/aromatic N) is 3. The van der Waals surface area contributed by atoms with Gasteiger partial charge in [-0.15, -0.1) is 11.3 Å². The molecular weight excluding hydrogens is 328 g/mol. The van der Waals surface area contributed by atoms with Crippen molar-refractivity contribution in [2.24, 2.45) is 4.99 Å². The van der Waals surface area contributed by atoms with E-state index in [0.717, 1.165) is 24.5 Å². The van der Waals surface area contributed by atoms with Crippen molar-refractivity contribution in [3.63, 3.8) is 0 Å². The summed E-state index contributed by atoms with van der Waals surface area (Å²) >= 11 is 1.44. The predicted molar refractivity (Wildman–Crippen MR) is 96.9 cm³/mol. The van der Waals surface area contributed by atoms with E-state index in [-0.39, 0.29) is 5.70 Å². The van der Waals surface area contributed by atoms with E-state index >= 15 is 0 Å². The van der Waals surface area contributed by atoms with Gasteiger partial charge in [-0.1, -0.05) is 6.92 Å². The van der Waals surface area contributed by atoms with Crippen LogP contribution in [-0.4, -0.2) is 35.1 Å². The van der Waals surface area contributed by atoms with Crippen molar-refractivity contribution in [3.8, 4) is 0 Å². The quantitative estimate of drug-likeness (QED) is 0.659. The van der Waals surface area contributed by atoms with E-state index in [1.807, 2.05) is 32.2 Å². The second-order valence-electron chi connectivity index (χ2n) is 6.09. The minimum atomic E-state index is -2.58. The van der Waals surface area contributed by atoms with Crippen molar-refractivity contribution in [2.45, 2.75) is 53.4 Å². The van der Waals surface area contributed by atoms with Gasteiger partial charge in [0, 0.05) is 29.9 Å². The maximum absolute atomic E-state index is 13.4. The number of likely N-dealkylation sites (tertiary alicyclic amines) is 1. The average molecular weight is 353 g/mol. The van der Waals surface area contributed by atoms with Gasteiger partial charge < -0.3 is 4.90 Å². The Kier molecular flexibility index (Phi) is 6.66. The van der Waals surface area contributed by atoms with Gasteiger partial charge in [0.2, 0.25) is 0 Å². The van der Waals surface area contributed by atoms with Gasteiger partial charge in [0.05, 0.1) is 0 Å². The molecule has 0 saturated carbocycles. The van der Waals surface area contributed by atoms with Crippen LogP contribution in [0.4, 0.5) is 8.78 Å². The maximum atomic E-state index is 13.4. The minimum Gasteiger partial charge on any atom is -0.375 e. The molecule has 0 aromatic carbocycles. The molecule has 0 bridgehead atoms. The highest BCUT2D eigenvalue weighted by molar-refractivity contribution is 7.12. The molecule has 24 heavy (non-hydrogen) atoms. The summed E-state index contributed by atoms with van der Waals surface area (Å²) in [6, 6.07) is 0. The van der Waals surface area contributed by atoms with Crippen molar-refractivity contribution in [1.82, 2.24) is 9.88 Å². The molecular formula is C18H25F2N3S. The van der Waals surface area contributed by atoms with E-state index in [0.29, 0.717) is 22.7 Å². The molecule has 1 fully saturated rings. The monoisotopic (exact) mass is 353 g/mol. The normalized spacial score (nSPS) is 17.7. The van der Waals surface area contributed by atoms with Crippen LogP contribution in [0.25, 0.3) is 0 Å². The lowest BCUT2D eigenvalue weighted by Crippen LogP contribution is -2.18. The molecule has 132 valence electrons. The maximum Gasteiger partial charge on any atom is 0.280 e. The SMILES string of the molecule is CC/C(C)=C(/N=C(/C=C(\C)N1CCCC1)c1nc(C)cs1)C(F)F. The lowest BCUT2D eigenvalue weighted by atomic mass is 10.2. The molecule has 1 aliphatic heterocycles. The van der Waals surface area contributed by atoms with Crippen LogP contribution in [-0.2, 0) is 0 Å². The molecule has 0 unspecified atom stereocenters. The fraction of sp³-hybridized carbons (Fsp3) is 0.556. The lowest BCUT2D eigenvalue weighted by Gasteiger charge is -2.18. The molecule has 1 saturated heterocycles. The first kappa shape index (κ1) is 18.8. The molecule has 6 heteroatoms. The van der Waals surface area contributed by atoms with E-state index in [1.165, 1.54) is 24.2 Å². The van der Waals surface area contributed by atoms with E-state index < -0.39 is 6.43 Å². The van der Waals surface area contributed by atoms with Gasteiger partial charge in [0.25, 0.3) is 6.43 Å². The zero-order valence-corrected chi connectivity index (χ0v) is 15.6. The summed E-state index contributed by atoms with van der Waals surface area (Å²) in [5, 5.41) is 2.61. The first-order chi connectivity index (χ1) is 11.4. The van der Waals surface area contributed by atoms with E-state index in [4.69, 9.17) is 0 Å². The van der Waals surface area contributed by atoms with Crippen LogP contribution in [0.15, 0.2) is 33.4 Å². The van der Waals surface area contributed by atoms with Crippen LogP contribution in [0, 0.1) is 6.92 Å². The van der Waals surface area contributed by atoms with Crippen LogP contribution in [0.5, 0.6) is 0 Å². The average Bonchev–Trinajstić information content (AvgIpc) is 3.21. The Morgan fingerprint density at radius 2 is 2.04 bits per heavy atom. The van der Waals surface area contributed by atoms with E-state index in [1.54, 1.807) is 6.92 Å². The molecule has 0 amide bonds. The standard InChI is InChI=1S/C18H25F2N3S/c1-5-12(2)16(17(19)20)22-15(18-21-13(3)11-24-18)10-14(4)23-8-6-7-9-23/h10-11,17H,5-9H2,1-4H3/b14-10+,16-12+,22-15-. The Morgan fingerprint density at radius 1 is 1.38 bits per heavy atom. The van der Waals surface area contributed by atoms with Crippen molar-refractivity contribution in [2.75, 3.05) is 13.1 Å². The first-order valence-corrected chi connectivity index (χ1v) is 9.22. The third kappa shape index (κ3) is 4.72. The van der Waals surface area contributed by atoms with Gasteiger partial charge in [0.15, 0.2) is 0 Å². The van der Waals surface area contributed by atoms with Crippen molar-refractivity contribution >= 4 is 17.0 Å². The van der Waals surface area contributed by atoms with E-state index in [9.17, 15) is 8.78 Å². The molecule has 0 atom stereocenters. The number of aryl methyl sites for hydroxylation is 1. The summed E-state index contributed by atoms with van der Waals surface area (Å²) in [6.07, 6.45) is 2.22. The highest BCUT2D eigenvalue weighted by Gasteiger charge is 2.18. The lowest BCUT2D eigenvalue weighted by molar-refractivity contribution is 0.186. The highest BCUT2D eigenvalue weighted by Crippen LogP contribution is 2.22. The number of allylic oxidation sites excluding steroid dienone is 4. The van der Waals surface area contributed by atoms with Gasteiger partial charge in [-0.3, -0.25) is 0 Å². The highest BCUT2D eigenvalue weighted by atomic mass is 32.1. The Labute approximate surface area is 146 Å². The molecule has 3 nitrogen and oxygen atoms in total. The molecule has 0 radical (unpaired) electrons. The summed E-state index contributed by atoms with van der Waals surface area (Å²) in [7, 11) is 0. The van der Waals surface area contributed by atoms with Crippen molar-refractivity contribution in [3.05, 3.63) is 39.1 Å².